The maximum Gasteiger partial charge on any atom is 0.416 e. The van der Waals surface area contributed by atoms with Crippen molar-refractivity contribution < 1.29 is 18.3 Å². The molecule has 6 heteroatoms. The van der Waals surface area contributed by atoms with Gasteiger partial charge in [-0.1, -0.05) is 0 Å². The van der Waals surface area contributed by atoms with E-state index in [0.29, 0.717) is 17.1 Å². The van der Waals surface area contributed by atoms with E-state index in [1.165, 1.54) is 16.8 Å². The fraction of sp³-hybridized carbons (Fsp3) is 0.250. The van der Waals surface area contributed by atoms with Gasteiger partial charge in [-0.05, 0) is 38.1 Å². The Balaban J connectivity index is 2.44. The summed E-state index contributed by atoms with van der Waals surface area (Å²) in [6, 6.07) is 4.62. The highest BCUT2D eigenvalue weighted by molar-refractivity contribution is 5.41. The molecular weight excluding hydrogens is 245 g/mol. The van der Waals surface area contributed by atoms with Crippen molar-refractivity contribution in [1.82, 2.24) is 9.78 Å². The van der Waals surface area contributed by atoms with Crippen LogP contribution < -0.4 is 0 Å². The highest BCUT2D eigenvalue weighted by atomic mass is 19.4. The number of aromatic nitrogens is 2. The first-order chi connectivity index (χ1) is 8.30. The average Bonchev–Trinajstić information content (AvgIpc) is 2.56. The first-order valence-corrected chi connectivity index (χ1v) is 5.23. The quantitative estimate of drug-likeness (QED) is 0.850. The Labute approximate surface area is 101 Å². The Morgan fingerprint density at radius 1 is 1.11 bits per heavy atom. The summed E-state index contributed by atoms with van der Waals surface area (Å²) in [5.41, 5.74) is 0.695. The molecule has 0 fully saturated rings. The minimum Gasteiger partial charge on any atom is -0.504 e. The number of hydrogen-bond acceptors (Lipinski definition) is 2. The molecule has 0 atom stereocenters. The number of benzene rings is 1. The van der Waals surface area contributed by atoms with Crippen molar-refractivity contribution in [2.75, 3.05) is 0 Å². The van der Waals surface area contributed by atoms with Gasteiger partial charge in [0.2, 0.25) is 0 Å². The number of alkyl halides is 3. The maximum absolute atomic E-state index is 12.4. The van der Waals surface area contributed by atoms with Crippen LogP contribution in [0.25, 0.3) is 5.69 Å². The van der Waals surface area contributed by atoms with Crippen molar-refractivity contribution in [2.45, 2.75) is 20.0 Å². The molecule has 0 bridgehead atoms. The zero-order chi connectivity index (χ0) is 13.5. The van der Waals surface area contributed by atoms with Crippen LogP contribution in [0, 0.1) is 13.8 Å². The van der Waals surface area contributed by atoms with E-state index in [1.807, 2.05) is 0 Å². The summed E-state index contributed by atoms with van der Waals surface area (Å²) in [6.07, 6.45) is -4.35. The Bertz CT molecular complexity index is 570. The van der Waals surface area contributed by atoms with Crippen LogP contribution in [0.15, 0.2) is 24.3 Å². The number of nitrogens with zero attached hydrogens (tertiary/aromatic N) is 2. The van der Waals surface area contributed by atoms with Crippen LogP contribution in [0.3, 0.4) is 0 Å². The van der Waals surface area contributed by atoms with Gasteiger partial charge in [0.15, 0.2) is 5.75 Å². The molecule has 0 saturated heterocycles. The number of rotatable bonds is 1. The monoisotopic (exact) mass is 256 g/mol. The number of aromatic hydroxyl groups is 1. The molecule has 0 spiro atoms. The third-order valence-electron chi connectivity index (χ3n) is 2.69. The summed E-state index contributed by atoms with van der Waals surface area (Å²) in [6.45, 7) is 3.27. The minimum atomic E-state index is -4.35. The minimum absolute atomic E-state index is 0.0508. The van der Waals surface area contributed by atoms with Gasteiger partial charge in [-0.2, -0.15) is 18.3 Å². The molecule has 1 aromatic carbocycles. The van der Waals surface area contributed by atoms with Gasteiger partial charge in [0.05, 0.1) is 16.9 Å². The van der Waals surface area contributed by atoms with Gasteiger partial charge < -0.3 is 5.11 Å². The van der Waals surface area contributed by atoms with Gasteiger partial charge in [-0.3, -0.25) is 0 Å². The largest absolute Gasteiger partial charge is 0.504 e. The standard InChI is InChI=1S/C12H11F3N2O/c1-7-11(18)8(2)17(16-7)10-5-3-9(4-6-10)12(13,14)15/h3-6,18H,1-2H3. The second-order valence-electron chi connectivity index (χ2n) is 3.98. The summed E-state index contributed by atoms with van der Waals surface area (Å²) in [5.74, 6) is 0.0508. The van der Waals surface area contributed by atoms with Crippen LogP contribution in [-0.4, -0.2) is 14.9 Å². The lowest BCUT2D eigenvalue weighted by Gasteiger charge is -2.08. The SMILES string of the molecule is Cc1nn(-c2ccc(C(F)(F)F)cc2)c(C)c1O. The van der Waals surface area contributed by atoms with Gasteiger partial charge in [-0.15, -0.1) is 0 Å². The highest BCUT2D eigenvalue weighted by Crippen LogP contribution is 2.30. The van der Waals surface area contributed by atoms with Crippen LogP contribution in [0.2, 0.25) is 0 Å². The molecule has 1 aromatic heterocycles. The number of halogens is 3. The zero-order valence-electron chi connectivity index (χ0n) is 9.78. The normalized spacial score (nSPS) is 11.8. The van der Waals surface area contributed by atoms with Crippen molar-refractivity contribution >= 4 is 0 Å². The van der Waals surface area contributed by atoms with Gasteiger partial charge in [0.1, 0.15) is 5.69 Å². The van der Waals surface area contributed by atoms with Crippen molar-refractivity contribution in [3.05, 3.63) is 41.2 Å². The zero-order valence-corrected chi connectivity index (χ0v) is 9.78. The predicted octanol–water partition coefficient (Wildman–Crippen LogP) is 3.21. The van der Waals surface area contributed by atoms with Gasteiger partial charge in [0, 0.05) is 0 Å². The fourth-order valence-corrected chi connectivity index (χ4v) is 1.68. The van der Waals surface area contributed by atoms with Crippen LogP contribution in [0.5, 0.6) is 5.75 Å². The molecule has 3 nitrogen and oxygen atoms in total. The van der Waals surface area contributed by atoms with E-state index in [-0.39, 0.29) is 5.75 Å². The van der Waals surface area contributed by atoms with E-state index in [1.54, 1.807) is 13.8 Å². The smallest absolute Gasteiger partial charge is 0.416 e. The molecular formula is C12H11F3N2O. The Kier molecular flexibility index (Phi) is 2.80. The number of aryl methyl sites for hydroxylation is 1. The predicted molar refractivity (Wildman–Crippen MR) is 59.7 cm³/mol. The number of hydrogen-bond donors (Lipinski definition) is 1. The molecule has 0 radical (unpaired) electrons. The molecule has 1 heterocycles. The molecule has 2 aromatic rings. The molecule has 96 valence electrons. The second kappa shape index (κ2) is 4.04. The summed E-state index contributed by atoms with van der Waals surface area (Å²) in [7, 11) is 0. The van der Waals surface area contributed by atoms with Gasteiger partial charge in [0.25, 0.3) is 0 Å². The Hall–Kier alpha value is -1.98. The maximum atomic E-state index is 12.4. The van der Waals surface area contributed by atoms with Gasteiger partial charge in [-0.25, -0.2) is 4.68 Å². The topological polar surface area (TPSA) is 38.0 Å². The van der Waals surface area contributed by atoms with E-state index in [2.05, 4.69) is 5.10 Å². The molecule has 0 saturated carbocycles. The molecule has 1 N–H and O–H groups in total. The van der Waals surface area contributed by atoms with E-state index in [9.17, 15) is 18.3 Å². The summed E-state index contributed by atoms with van der Waals surface area (Å²) in [5, 5.41) is 13.7. The third-order valence-corrected chi connectivity index (χ3v) is 2.69. The summed E-state index contributed by atoms with van der Waals surface area (Å²) < 4.78 is 38.6. The lowest BCUT2D eigenvalue weighted by molar-refractivity contribution is -0.137. The van der Waals surface area contributed by atoms with E-state index in [4.69, 9.17) is 0 Å². The second-order valence-corrected chi connectivity index (χ2v) is 3.98. The van der Waals surface area contributed by atoms with Crippen LogP contribution in [0.4, 0.5) is 13.2 Å². The highest BCUT2D eigenvalue weighted by Gasteiger charge is 2.30. The first kappa shape index (κ1) is 12.5. The van der Waals surface area contributed by atoms with Crippen molar-refractivity contribution in [3.63, 3.8) is 0 Å². The van der Waals surface area contributed by atoms with Gasteiger partial charge >= 0.3 is 6.18 Å². The molecule has 0 aliphatic carbocycles. The molecule has 2 rings (SSSR count). The molecule has 0 aliphatic rings. The van der Waals surface area contributed by atoms with Crippen LogP contribution >= 0.6 is 0 Å². The molecule has 0 unspecified atom stereocenters. The lowest BCUT2D eigenvalue weighted by Crippen LogP contribution is -2.05. The average molecular weight is 256 g/mol. The molecule has 0 amide bonds. The molecule has 0 aliphatic heterocycles. The Morgan fingerprint density at radius 2 is 1.67 bits per heavy atom. The van der Waals surface area contributed by atoms with E-state index in [0.717, 1.165) is 12.1 Å². The first-order valence-electron chi connectivity index (χ1n) is 5.23. The summed E-state index contributed by atoms with van der Waals surface area (Å²) in [4.78, 5) is 0. The van der Waals surface area contributed by atoms with Crippen molar-refractivity contribution in [2.24, 2.45) is 0 Å². The van der Waals surface area contributed by atoms with Crippen LogP contribution in [0.1, 0.15) is 17.0 Å². The molecule has 18 heavy (non-hydrogen) atoms. The van der Waals surface area contributed by atoms with Crippen molar-refractivity contribution in [1.29, 1.82) is 0 Å². The third kappa shape index (κ3) is 2.05. The van der Waals surface area contributed by atoms with Crippen molar-refractivity contribution in [3.8, 4) is 11.4 Å². The summed E-state index contributed by atoms with van der Waals surface area (Å²) >= 11 is 0. The lowest BCUT2D eigenvalue weighted by atomic mass is 10.2. The van der Waals surface area contributed by atoms with E-state index >= 15 is 0 Å². The van der Waals surface area contributed by atoms with E-state index < -0.39 is 11.7 Å². The fourth-order valence-electron chi connectivity index (χ4n) is 1.68. The van der Waals surface area contributed by atoms with Crippen LogP contribution in [-0.2, 0) is 6.18 Å². The Morgan fingerprint density at radius 3 is 2.06 bits per heavy atom.